The number of nitrogens with one attached hydrogen (secondary N) is 1. The van der Waals surface area contributed by atoms with Crippen LogP contribution in [0.2, 0.25) is 0 Å². The Morgan fingerprint density at radius 2 is 2.17 bits per heavy atom. The third-order valence-electron chi connectivity index (χ3n) is 3.54. The lowest BCUT2D eigenvalue weighted by Gasteiger charge is -2.20. The number of Topliss-reactive ketones (excluding diaryl/α,β-unsaturated/α-hetero) is 1. The molecule has 3 rings (SSSR count). The number of ketones is 1. The van der Waals surface area contributed by atoms with Gasteiger partial charge in [-0.2, -0.15) is 0 Å². The number of benzene rings is 1. The largest absolute Gasteiger partial charge is 0.490 e. The Labute approximate surface area is 107 Å². The van der Waals surface area contributed by atoms with Crippen LogP contribution in [-0.4, -0.2) is 43.5 Å². The first-order chi connectivity index (χ1) is 8.83. The minimum atomic E-state index is 0.201. The highest BCUT2D eigenvalue weighted by molar-refractivity contribution is 5.98. The zero-order chi connectivity index (χ0) is 12.4. The normalized spacial score (nSPS) is 18.9. The molecule has 2 aliphatic heterocycles. The third-order valence-corrected chi connectivity index (χ3v) is 3.54. The molecular weight excluding hydrogens is 228 g/mol. The molecule has 0 spiro atoms. The second-order valence-electron chi connectivity index (χ2n) is 4.89. The molecule has 1 aromatic carbocycles. The van der Waals surface area contributed by atoms with E-state index < -0.39 is 0 Å². The van der Waals surface area contributed by atoms with Crippen LogP contribution in [0.25, 0.3) is 0 Å². The number of anilines is 1. The van der Waals surface area contributed by atoms with Crippen molar-refractivity contribution < 1.29 is 9.53 Å². The zero-order valence-corrected chi connectivity index (χ0v) is 10.4. The maximum atomic E-state index is 12.2. The van der Waals surface area contributed by atoms with Gasteiger partial charge in [0.2, 0.25) is 0 Å². The van der Waals surface area contributed by atoms with Crippen LogP contribution >= 0.6 is 0 Å². The molecule has 18 heavy (non-hydrogen) atoms. The molecule has 0 saturated carbocycles. The summed E-state index contributed by atoms with van der Waals surface area (Å²) < 4.78 is 5.51. The molecule has 96 valence electrons. The van der Waals surface area contributed by atoms with E-state index in [2.05, 4.69) is 10.2 Å². The number of carbonyl (C=O) groups excluding carboxylic acids is 1. The van der Waals surface area contributed by atoms with Gasteiger partial charge in [-0.1, -0.05) is 0 Å². The van der Waals surface area contributed by atoms with E-state index >= 15 is 0 Å². The summed E-state index contributed by atoms with van der Waals surface area (Å²) in [5.41, 5.74) is 1.71. The number of fused-ring (bicyclic) bond motifs is 1. The summed E-state index contributed by atoms with van der Waals surface area (Å²) in [7, 11) is 0. The molecule has 0 unspecified atom stereocenters. The van der Waals surface area contributed by atoms with Crippen molar-refractivity contribution in [1.82, 2.24) is 4.90 Å². The Balaban J connectivity index is 1.73. The Kier molecular flexibility index (Phi) is 3.19. The van der Waals surface area contributed by atoms with Gasteiger partial charge >= 0.3 is 0 Å². The van der Waals surface area contributed by atoms with Crippen molar-refractivity contribution >= 4 is 11.5 Å². The van der Waals surface area contributed by atoms with E-state index in [0.717, 1.165) is 36.6 Å². The summed E-state index contributed by atoms with van der Waals surface area (Å²) in [6.45, 7) is 4.14. The Hall–Kier alpha value is -1.55. The van der Waals surface area contributed by atoms with Gasteiger partial charge in [-0.25, -0.2) is 0 Å². The molecule has 2 heterocycles. The van der Waals surface area contributed by atoms with Gasteiger partial charge < -0.3 is 10.1 Å². The number of carbonyl (C=O) groups is 1. The topological polar surface area (TPSA) is 41.6 Å². The van der Waals surface area contributed by atoms with E-state index in [1.807, 2.05) is 18.2 Å². The Bertz CT molecular complexity index is 453. The SMILES string of the molecule is O=C(CN1CCCC1)c1ccc2c(c1)NCCO2. The van der Waals surface area contributed by atoms with Gasteiger partial charge in [-0.3, -0.25) is 9.69 Å². The van der Waals surface area contributed by atoms with E-state index in [1.54, 1.807) is 0 Å². The molecule has 0 bridgehead atoms. The predicted molar refractivity (Wildman–Crippen MR) is 70.4 cm³/mol. The smallest absolute Gasteiger partial charge is 0.176 e. The van der Waals surface area contributed by atoms with Crippen LogP contribution in [0.4, 0.5) is 5.69 Å². The number of likely N-dealkylation sites (tertiary alicyclic amines) is 1. The highest BCUT2D eigenvalue weighted by Gasteiger charge is 2.18. The first-order valence-electron chi connectivity index (χ1n) is 6.59. The van der Waals surface area contributed by atoms with Crippen molar-refractivity contribution in [2.75, 3.05) is 38.1 Å². The summed E-state index contributed by atoms with van der Waals surface area (Å²) >= 11 is 0. The van der Waals surface area contributed by atoms with Crippen molar-refractivity contribution in [3.8, 4) is 5.75 Å². The van der Waals surface area contributed by atoms with Crippen LogP contribution in [0.5, 0.6) is 5.75 Å². The average Bonchev–Trinajstić information content (AvgIpc) is 2.91. The fourth-order valence-electron chi connectivity index (χ4n) is 2.55. The summed E-state index contributed by atoms with van der Waals surface area (Å²) in [6, 6.07) is 5.66. The molecule has 0 amide bonds. The van der Waals surface area contributed by atoms with E-state index in [9.17, 15) is 4.79 Å². The number of hydrogen-bond donors (Lipinski definition) is 1. The first-order valence-corrected chi connectivity index (χ1v) is 6.59. The molecule has 1 aromatic rings. The number of rotatable bonds is 3. The van der Waals surface area contributed by atoms with Gasteiger partial charge in [0.25, 0.3) is 0 Å². The zero-order valence-electron chi connectivity index (χ0n) is 10.4. The molecule has 1 fully saturated rings. The maximum absolute atomic E-state index is 12.2. The van der Waals surface area contributed by atoms with E-state index in [-0.39, 0.29) is 5.78 Å². The molecule has 1 saturated heterocycles. The van der Waals surface area contributed by atoms with Gasteiger partial charge in [0, 0.05) is 12.1 Å². The quantitative estimate of drug-likeness (QED) is 0.825. The second-order valence-corrected chi connectivity index (χ2v) is 4.89. The minimum absolute atomic E-state index is 0.201. The molecule has 4 nitrogen and oxygen atoms in total. The van der Waals surface area contributed by atoms with Gasteiger partial charge in [0.1, 0.15) is 12.4 Å². The summed E-state index contributed by atoms with van der Waals surface area (Å²) in [4.78, 5) is 14.4. The van der Waals surface area contributed by atoms with Crippen LogP contribution in [0.1, 0.15) is 23.2 Å². The first kappa shape index (κ1) is 11.5. The lowest BCUT2D eigenvalue weighted by molar-refractivity contribution is 0.0945. The van der Waals surface area contributed by atoms with Crippen LogP contribution in [0, 0.1) is 0 Å². The lowest BCUT2D eigenvalue weighted by Crippen LogP contribution is -2.27. The number of nitrogens with zero attached hydrogens (tertiary/aromatic N) is 1. The maximum Gasteiger partial charge on any atom is 0.176 e. The summed E-state index contributed by atoms with van der Waals surface area (Å²) in [6.07, 6.45) is 2.43. The number of hydrogen-bond acceptors (Lipinski definition) is 4. The van der Waals surface area contributed by atoms with Crippen molar-refractivity contribution in [3.05, 3.63) is 23.8 Å². The standard InChI is InChI=1S/C14H18N2O2/c17-13(10-16-6-1-2-7-16)11-3-4-14-12(9-11)15-5-8-18-14/h3-4,9,15H,1-2,5-8,10H2. The molecule has 2 aliphatic rings. The predicted octanol–water partition coefficient (Wildman–Crippen LogP) is 1.77. The molecule has 0 aliphatic carbocycles. The fraction of sp³-hybridized carbons (Fsp3) is 0.500. The molecule has 0 atom stereocenters. The van der Waals surface area contributed by atoms with Crippen molar-refractivity contribution in [2.24, 2.45) is 0 Å². The summed E-state index contributed by atoms with van der Waals surface area (Å²) in [5.74, 6) is 1.05. The molecule has 0 aromatic heterocycles. The van der Waals surface area contributed by atoms with Gasteiger partial charge in [-0.05, 0) is 44.1 Å². The number of ether oxygens (including phenoxy) is 1. The summed E-state index contributed by atoms with van der Waals surface area (Å²) in [5, 5.41) is 3.26. The second kappa shape index (κ2) is 4.98. The van der Waals surface area contributed by atoms with Gasteiger partial charge in [0.15, 0.2) is 5.78 Å². The van der Waals surface area contributed by atoms with Crippen LogP contribution in [0.15, 0.2) is 18.2 Å². The minimum Gasteiger partial charge on any atom is -0.490 e. The molecular formula is C14H18N2O2. The van der Waals surface area contributed by atoms with E-state index in [0.29, 0.717) is 13.2 Å². The Morgan fingerprint density at radius 3 is 3.00 bits per heavy atom. The average molecular weight is 246 g/mol. The van der Waals surface area contributed by atoms with Crippen LogP contribution in [-0.2, 0) is 0 Å². The van der Waals surface area contributed by atoms with Crippen LogP contribution < -0.4 is 10.1 Å². The van der Waals surface area contributed by atoms with E-state index in [1.165, 1.54) is 12.8 Å². The van der Waals surface area contributed by atoms with Crippen molar-refractivity contribution in [1.29, 1.82) is 0 Å². The van der Waals surface area contributed by atoms with Crippen LogP contribution in [0.3, 0.4) is 0 Å². The lowest BCUT2D eigenvalue weighted by atomic mass is 10.1. The monoisotopic (exact) mass is 246 g/mol. The van der Waals surface area contributed by atoms with Gasteiger partial charge in [0.05, 0.1) is 12.2 Å². The van der Waals surface area contributed by atoms with Crippen molar-refractivity contribution in [2.45, 2.75) is 12.8 Å². The van der Waals surface area contributed by atoms with Crippen molar-refractivity contribution in [3.63, 3.8) is 0 Å². The molecule has 1 N–H and O–H groups in total. The highest BCUT2D eigenvalue weighted by Crippen LogP contribution is 2.28. The Morgan fingerprint density at radius 1 is 1.33 bits per heavy atom. The molecule has 4 heteroatoms. The van der Waals surface area contributed by atoms with Gasteiger partial charge in [-0.15, -0.1) is 0 Å². The highest BCUT2D eigenvalue weighted by atomic mass is 16.5. The third kappa shape index (κ3) is 2.34. The fourth-order valence-corrected chi connectivity index (χ4v) is 2.55. The van der Waals surface area contributed by atoms with E-state index in [4.69, 9.17) is 4.74 Å². The molecule has 0 radical (unpaired) electrons.